The van der Waals surface area contributed by atoms with E-state index >= 15 is 0 Å². The van der Waals surface area contributed by atoms with Gasteiger partial charge in [0.05, 0.1) is 12.2 Å². The maximum absolute atomic E-state index is 10.6. The molecule has 2 N–H and O–H groups in total. The van der Waals surface area contributed by atoms with Crippen molar-refractivity contribution in [2.75, 3.05) is 0 Å². The van der Waals surface area contributed by atoms with Crippen LogP contribution >= 0.6 is 0 Å². The molecule has 0 radical (unpaired) electrons. The van der Waals surface area contributed by atoms with Gasteiger partial charge in [-0.2, -0.15) is 0 Å². The van der Waals surface area contributed by atoms with Crippen LogP contribution < -0.4 is 0 Å². The van der Waals surface area contributed by atoms with Gasteiger partial charge >= 0.3 is 0 Å². The van der Waals surface area contributed by atoms with E-state index in [0.717, 1.165) is 24.7 Å². The summed E-state index contributed by atoms with van der Waals surface area (Å²) in [5.41, 5.74) is 7.96. The first-order valence-corrected chi connectivity index (χ1v) is 19.1. The molecule has 0 aliphatic heterocycles. The smallest absolute Gasteiger partial charge is 0.0594 e. The fraction of sp³-hybridized carbons (Fsp3) is 0.727. The third-order valence-electron chi connectivity index (χ3n) is 16.7. The molecule has 0 saturated heterocycles. The van der Waals surface area contributed by atoms with Crippen LogP contribution in [0.15, 0.2) is 48.5 Å². The van der Waals surface area contributed by atoms with Gasteiger partial charge in [0.2, 0.25) is 0 Å². The number of fused-ring (bicyclic) bond motifs is 10. The fourth-order valence-electron chi connectivity index (χ4n) is 14.2. The number of hydrogen-bond acceptors (Lipinski definition) is 2. The Bertz CT molecular complexity index is 1350. The van der Waals surface area contributed by atoms with Crippen molar-refractivity contribution in [1.82, 2.24) is 0 Å². The Morgan fingerprint density at radius 1 is 0.457 bits per heavy atom. The summed E-state index contributed by atoms with van der Waals surface area (Å²) in [6.07, 6.45) is 14.3. The lowest BCUT2D eigenvalue weighted by molar-refractivity contribution is -0.158. The molecule has 8 rings (SSSR count). The zero-order chi connectivity index (χ0) is 32.9. The minimum atomic E-state index is -0.124. The van der Waals surface area contributed by atoms with Crippen LogP contribution in [-0.4, -0.2) is 22.4 Å². The number of rotatable bonds is 0. The van der Waals surface area contributed by atoms with E-state index in [1.807, 2.05) is 0 Å². The van der Waals surface area contributed by atoms with Gasteiger partial charge in [-0.3, -0.25) is 0 Å². The van der Waals surface area contributed by atoms with Crippen LogP contribution in [-0.2, 0) is 23.7 Å². The van der Waals surface area contributed by atoms with Gasteiger partial charge in [-0.25, -0.2) is 0 Å². The Labute approximate surface area is 281 Å². The number of aliphatic hydroxyl groups is 2. The minimum absolute atomic E-state index is 0.0608. The van der Waals surface area contributed by atoms with Crippen molar-refractivity contribution in [2.24, 2.45) is 45.3 Å². The molecule has 2 heteroatoms. The molecule has 0 heterocycles. The Balaban J connectivity index is 0.000000147. The molecule has 4 saturated carbocycles. The molecule has 0 amide bonds. The zero-order valence-electron chi connectivity index (χ0n) is 30.5. The summed E-state index contributed by atoms with van der Waals surface area (Å²) in [5.74, 6) is 2.83. The first-order chi connectivity index (χ1) is 21.6. The first kappa shape index (κ1) is 32.9. The van der Waals surface area contributed by atoms with Crippen LogP contribution in [0.25, 0.3) is 0 Å². The van der Waals surface area contributed by atoms with E-state index in [9.17, 15) is 10.2 Å². The average Bonchev–Trinajstić information content (AvgIpc) is 3.01. The van der Waals surface area contributed by atoms with Gasteiger partial charge in [-0.1, -0.05) is 104 Å². The molecule has 2 aromatic rings. The summed E-state index contributed by atoms with van der Waals surface area (Å²) in [7, 11) is 0. The lowest BCUT2D eigenvalue weighted by atomic mass is 9.40. The predicted molar refractivity (Wildman–Crippen MR) is 191 cm³/mol. The summed E-state index contributed by atoms with van der Waals surface area (Å²) in [6, 6.07) is 18.4. The highest BCUT2D eigenvalue weighted by Gasteiger charge is 2.62. The highest BCUT2D eigenvalue weighted by Crippen LogP contribution is 2.68. The molecule has 0 bridgehead atoms. The van der Waals surface area contributed by atoms with E-state index in [4.69, 9.17) is 0 Å². The van der Waals surface area contributed by atoms with Crippen molar-refractivity contribution >= 4 is 0 Å². The maximum Gasteiger partial charge on any atom is 0.0594 e. The van der Waals surface area contributed by atoms with Crippen molar-refractivity contribution in [2.45, 2.75) is 155 Å². The number of hydrogen-bond donors (Lipinski definition) is 2. The number of aliphatic hydroxyl groups excluding tert-OH is 2. The molecule has 0 spiro atoms. The summed E-state index contributed by atoms with van der Waals surface area (Å²) in [5, 5.41) is 21.2. The Kier molecular flexibility index (Phi) is 7.82. The minimum Gasteiger partial charge on any atom is -0.393 e. The van der Waals surface area contributed by atoms with E-state index in [0.29, 0.717) is 33.5 Å². The van der Waals surface area contributed by atoms with Crippen molar-refractivity contribution in [3.8, 4) is 0 Å². The average molecular weight is 625 g/mol. The molecule has 6 aliphatic rings. The Hall–Kier alpha value is -1.64. The van der Waals surface area contributed by atoms with Gasteiger partial charge in [0.25, 0.3) is 0 Å². The van der Waals surface area contributed by atoms with E-state index in [2.05, 4.69) is 104 Å². The topological polar surface area (TPSA) is 40.5 Å². The standard InChI is InChI=1S/2C22H32O/c2*1-20(2)17-11-13-21(3)16-8-6-5-7-15(16)9-10-18(21)22(17,4)14-12-19(20)23/h2*5-8,17-19,23H,9-14H2,1-4H3/t2*17-,18-,19-,21-,22-/m11/s1. The molecule has 4 fully saturated rings. The molecule has 10 atom stereocenters. The summed E-state index contributed by atoms with van der Waals surface area (Å²) >= 11 is 0. The lowest BCUT2D eigenvalue weighted by Gasteiger charge is -2.65. The van der Waals surface area contributed by atoms with Gasteiger partial charge < -0.3 is 10.2 Å². The third kappa shape index (κ3) is 4.54. The van der Waals surface area contributed by atoms with Crippen molar-refractivity contribution in [3.63, 3.8) is 0 Å². The van der Waals surface area contributed by atoms with Gasteiger partial charge in [-0.05, 0) is 155 Å². The van der Waals surface area contributed by atoms with E-state index in [1.54, 1.807) is 22.3 Å². The van der Waals surface area contributed by atoms with Crippen molar-refractivity contribution in [1.29, 1.82) is 0 Å². The highest BCUT2D eigenvalue weighted by molar-refractivity contribution is 5.40. The Morgan fingerprint density at radius 3 is 1.22 bits per heavy atom. The molecular formula is C44H64O2. The zero-order valence-corrected chi connectivity index (χ0v) is 30.5. The van der Waals surface area contributed by atoms with Gasteiger partial charge in [0, 0.05) is 0 Å². The second kappa shape index (κ2) is 10.9. The molecule has 0 unspecified atom stereocenters. The fourth-order valence-corrected chi connectivity index (χ4v) is 14.2. The summed E-state index contributed by atoms with van der Waals surface area (Å²) in [6.45, 7) is 19.5. The van der Waals surface area contributed by atoms with Crippen LogP contribution in [0.4, 0.5) is 0 Å². The predicted octanol–water partition coefficient (Wildman–Crippen LogP) is 10.2. The first-order valence-electron chi connectivity index (χ1n) is 19.1. The number of benzene rings is 2. The molecule has 2 nitrogen and oxygen atoms in total. The third-order valence-corrected chi connectivity index (χ3v) is 16.7. The number of aryl methyl sites for hydroxylation is 2. The van der Waals surface area contributed by atoms with Crippen LogP contribution in [0, 0.1) is 45.3 Å². The van der Waals surface area contributed by atoms with E-state index in [1.165, 1.54) is 64.2 Å². The molecule has 0 aromatic heterocycles. The van der Waals surface area contributed by atoms with Crippen LogP contribution in [0.1, 0.15) is 142 Å². The highest BCUT2D eigenvalue weighted by atomic mass is 16.3. The van der Waals surface area contributed by atoms with Gasteiger partial charge in [-0.15, -0.1) is 0 Å². The van der Waals surface area contributed by atoms with Gasteiger partial charge in [0.15, 0.2) is 0 Å². The normalized spacial score (nSPS) is 44.8. The monoisotopic (exact) mass is 624 g/mol. The maximum atomic E-state index is 10.6. The largest absolute Gasteiger partial charge is 0.393 e. The van der Waals surface area contributed by atoms with Crippen molar-refractivity contribution < 1.29 is 10.2 Å². The van der Waals surface area contributed by atoms with E-state index in [-0.39, 0.29) is 23.0 Å². The van der Waals surface area contributed by atoms with Crippen LogP contribution in [0.3, 0.4) is 0 Å². The van der Waals surface area contributed by atoms with Crippen LogP contribution in [0.5, 0.6) is 0 Å². The van der Waals surface area contributed by atoms with Crippen LogP contribution in [0.2, 0.25) is 0 Å². The molecule has 252 valence electrons. The second-order valence-electron chi connectivity index (χ2n) is 19.3. The quantitative estimate of drug-likeness (QED) is 0.306. The second-order valence-corrected chi connectivity index (χ2v) is 19.3. The summed E-state index contributed by atoms with van der Waals surface area (Å²) in [4.78, 5) is 0. The molecule has 46 heavy (non-hydrogen) atoms. The lowest BCUT2D eigenvalue weighted by Crippen LogP contribution is -2.60. The van der Waals surface area contributed by atoms with Gasteiger partial charge in [0.1, 0.15) is 0 Å². The SMILES string of the molecule is CC1(C)[C@H](O)CC[C@]2(C)[C@@H]1CC[C@]1(C)c3ccccc3CC[C@@H]21.CC1(C)[C@H](O)CC[C@]2(C)[C@@H]1CC[C@]1(C)c3ccccc3CC[C@@H]21. The molecule has 6 aliphatic carbocycles. The Morgan fingerprint density at radius 2 is 0.826 bits per heavy atom. The van der Waals surface area contributed by atoms with Crippen molar-refractivity contribution in [3.05, 3.63) is 70.8 Å². The molecular weight excluding hydrogens is 560 g/mol. The summed E-state index contributed by atoms with van der Waals surface area (Å²) < 4.78 is 0. The molecule has 2 aromatic carbocycles. The van der Waals surface area contributed by atoms with E-state index < -0.39 is 0 Å².